The number of para-hydroxylation sites is 1. The lowest BCUT2D eigenvalue weighted by molar-refractivity contribution is -0.124. The molecule has 1 atom stereocenters. The molecule has 0 radical (unpaired) electrons. The summed E-state index contributed by atoms with van der Waals surface area (Å²) in [4.78, 5) is 13.9. The maximum absolute atomic E-state index is 13.9. The van der Waals surface area contributed by atoms with Crippen LogP contribution in [0.15, 0.2) is 54.9 Å². The fourth-order valence-electron chi connectivity index (χ4n) is 4.40. The third-order valence-corrected chi connectivity index (χ3v) is 6.05. The van der Waals surface area contributed by atoms with Crippen molar-refractivity contribution in [1.29, 1.82) is 0 Å². The van der Waals surface area contributed by atoms with Crippen molar-refractivity contribution in [1.82, 2.24) is 19.7 Å². The number of aromatic nitrogens is 3. The van der Waals surface area contributed by atoms with E-state index in [2.05, 4.69) is 26.6 Å². The number of rotatable bonds is 4. The third kappa shape index (κ3) is 4.15. The van der Waals surface area contributed by atoms with E-state index in [0.29, 0.717) is 13.1 Å². The summed E-state index contributed by atoms with van der Waals surface area (Å²) in [5.74, 6) is 3.62. The second kappa shape index (κ2) is 9.06. The number of nitrogen functional groups attached to an aromatic ring is 1. The number of ether oxygens (including phenoxy) is 1. The van der Waals surface area contributed by atoms with Crippen LogP contribution in [0.4, 0.5) is 14.6 Å². The molecule has 9 heteroatoms. The first-order chi connectivity index (χ1) is 17.0. The number of likely N-dealkylation sites (tertiary alicyclic amines) is 1. The van der Waals surface area contributed by atoms with Crippen LogP contribution in [0.5, 0.6) is 11.5 Å². The van der Waals surface area contributed by atoms with E-state index < -0.39 is 17.4 Å². The quantitative estimate of drug-likeness (QED) is 0.440. The minimum absolute atomic E-state index is 0.0316. The Balaban J connectivity index is 1.48. The fraction of sp³-hybridized carbons (Fsp3) is 0.192. The molecule has 0 aliphatic carbocycles. The van der Waals surface area contributed by atoms with Crippen LogP contribution in [0.1, 0.15) is 19.4 Å². The van der Waals surface area contributed by atoms with Crippen LogP contribution in [0.25, 0.3) is 22.0 Å². The number of carbonyl (C=O) groups is 1. The van der Waals surface area contributed by atoms with Gasteiger partial charge in [0, 0.05) is 24.8 Å². The van der Waals surface area contributed by atoms with Gasteiger partial charge < -0.3 is 19.9 Å². The van der Waals surface area contributed by atoms with Crippen LogP contribution in [0, 0.1) is 23.5 Å². The van der Waals surface area contributed by atoms with Crippen molar-refractivity contribution in [3.05, 3.63) is 66.5 Å². The van der Waals surface area contributed by atoms with Crippen LogP contribution < -0.4 is 10.5 Å². The highest BCUT2D eigenvalue weighted by molar-refractivity contribution is 6.02. The van der Waals surface area contributed by atoms with Crippen molar-refractivity contribution in [2.75, 3.05) is 18.8 Å². The monoisotopic (exact) mass is 473 g/mol. The second-order valence-electron chi connectivity index (χ2n) is 8.19. The summed E-state index contributed by atoms with van der Waals surface area (Å²) in [6.45, 7) is 2.78. The maximum atomic E-state index is 13.9. The van der Waals surface area contributed by atoms with Crippen molar-refractivity contribution in [2.24, 2.45) is 0 Å². The first kappa shape index (κ1) is 22.3. The molecule has 7 nitrogen and oxygen atoms in total. The zero-order chi connectivity index (χ0) is 24.5. The summed E-state index contributed by atoms with van der Waals surface area (Å²) in [7, 11) is 0. The number of fused-ring (bicyclic) bond motifs is 1. The van der Waals surface area contributed by atoms with Crippen molar-refractivity contribution in [3.63, 3.8) is 0 Å². The number of hydrogen-bond donors (Lipinski definition) is 1. The molecule has 2 aromatic heterocycles. The van der Waals surface area contributed by atoms with Crippen LogP contribution in [-0.2, 0) is 4.79 Å². The van der Waals surface area contributed by atoms with Crippen molar-refractivity contribution in [2.45, 2.75) is 19.4 Å². The Morgan fingerprint density at radius 3 is 2.63 bits per heavy atom. The molecule has 3 heterocycles. The van der Waals surface area contributed by atoms with E-state index in [1.54, 1.807) is 42.3 Å². The van der Waals surface area contributed by atoms with Gasteiger partial charge in [-0.2, -0.15) is 5.10 Å². The van der Waals surface area contributed by atoms with Gasteiger partial charge in [-0.25, -0.2) is 8.78 Å². The lowest BCUT2D eigenvalue weighted by atomic mass is 10.1. The van der Waals surface area contributed by atoms with Gasteiger partial charge in [0.15, 0.2) is 23.2 Å². The fourth-order valence-corrected chi connectivity index (χ4v) is 4.40. The molecule has 0 saturated carbocycles. The number of carbonyl (C=O) groups excluding carboxylic acids is 1. The number of nitrogens with two attached hydrogens (primary N) is 1. The number of anilines is 1. The lowest BCUT2D eigenvalue weighted by Crippen LogP contribution is -2.27. The average Bonchev–Trinajstić information content (AvgIpc) is 3.48. The maximum Gasteiger partial charge on any atom is 0.298 e. The number of halogens is 2. The highest BCUT2D eigenvalue weighted by atomic mass is 19.1. The summed E-state index contributed by atoms with van der Waals surface area (Å²) in [6.07, 6.45) is 4.40. The van der Waals surface area contributed by atoms with E-state index in [0.717, 1.165) is 40.6 Å². The molecule has 1 saturated heterocycles. The molecule has 2 aromatic carbocycles. The van der Waals surface area contributed by atoms with Crippen LogP contribution in [0.3, 0.4) is 0 Å². The van der Waals surface area contributed by atoms with E-state index in [-0.39, 0.29) is 23.5 Å². The Bertz CT molecular complexity index is 1470. The molecule has 35 heavy (non-hydrogen) atoms. The van der Waals surface area contributed by atoms with Crippen LogP contribution >= 0.6 is 0 Å². The molecular weight excluding hydrogens is 452 g/mol. The molecule has 1 fully saturated rings. The summed E-state index contributed by atoms with van der Waals surface area (Å²) < 4.78 is 35.4. The average molecular weight is 473 g/mol. The van der Waals surface area contributed by atoms with E-state index in [4.69, 9.17) is 10.5 Å². The Morgan fingerprint density at radius 2 is 1.91 bits per heavy atom. The van der Waals surface area contributed by atoms with Crippen LogP contribution in [0.2, 0.25) is 0 Å². The van der Waals surface area contributed by atoms with Gasteiger partial charge >= 0.3 is 0 Å². The number of hydrogen-bond acceptors (Lipinski definition) is 5. The standard InChI is InChI=1S/C26H21F2N5O2/c1-2-4-23(34)32-12-11-17(14-32)33-15-19(24-22(33)13-30-31-26(24)29)16-7-9-18(10-8-16)35-25-20(27)5-3-6-21(25)28/h3,5-10,13,15,17H,11-12,14H2,1H3,(H2,29,31)/t17-/m1/s1. The molecule has 1 amide bonds. The predicted octanol–water partition coefficient (Wildman–Crippen LogP) is 4.55. The second-order valence-corrected chi connectivity index (χ2v) is 8.19. The van der Waals surface area contributed by atoms with Gasteiger partial charge in [-0.3, -0.25) is 4.79 Å². The van der Waals surface area contributed by atoms with Gasteiger partial charge in [0.2, 0.25) is 0 Å². The van der Waals surface area contributed by atoms with E-state index in [1.807, 2.05) is 6.20 Å². The van der Waals surface area contributed by atoms with E-state index in [9.17, 15) is 13.6 Å². The predicted molar refractivity (Wildman–Crippen MR) is 127 cm³/mol. The zero-order valence-corrected chi connectivity index (χ0v) is 18.8. The first-order valence-corrected chi connectivity index (χ1v) is 11.0. The molecule has 0 bridgehead atoms. The molecule has 5 rings (SSSR count). The Hall–Kier alpha value is -4.45. The Labute approximate surface area is 200 Å². The molecule has 0 spiro atoms. The molecule has 1 aliphatic heterocycles. The minimum atomic E-state index is -0.780. The molecule has 0 unspecified atom stereocenters. The molecule has 176 valence electrons. The molecule has 2 N–H and O–H groups in total. The van der Waals surface area contributed by atoms with Crippen molar-refractivity contribution >= 4 is 22.6 Å². The summed E-state index contributed by atoms with van der Waals surface area (Å²) in [5.41, 5.74) is 8.66. The molecular formula is C26H21F2N5O2. The number of amides is 1. The van der Waals surface area contributed by atoms with E-state index >= 15 is 0 Å². The minimum Gasteiger partial charge on any atom is -0.451 e. The number of benzene rings is 2. The Kier molecular flexibility index (Phi) is 5.79. The van der Waals surface area contributed by atoms with Crippen molar-refractivity contribution in [3.8, 4) is 34.5 Å². The lowest BCUT2D eigenvalue weighted by Gasteiger charge is -2.15. The summed E-state index contributed by atoms with van der Waals surface area (Å²) in [6, 6.07) is 10.4. The van der Waals surface area contributed by atoms with E-state index in [1.165, 1.54) is 6.07 Å². The van der Waals surface area contributed by atoms with Crippen molar-refractivity contribution < 1.29 is 18.3 Å². The highest BCUT2D eigenvalue weighted by Gasteiger charge is 2.29. The SMILES string of the molecule is CC#CC(=O)N1CC[C@@H](n2cc(-c3ccc(Oc4c(F)cccc4F)cc3)c3c(N)nncc32)C1. The normalized spacial score (nSPS) is 15.2. The van der Waals surface area contributed by atoms with Gasteiger partial charge in [0.1, 0.15) is 5.75 Å². The van der Waals surface area contributed by atoms with Gasteiger partial charge in [-0.1, -0.05) is 24.1 Å². The molecule has 1 aliphatic rings. The topological polar surface area (TPSA) is 86.3 Å². The van der Waals surface area contributed by atoms with Gasteiger partial charge in [0.25, 0.3) is 5.91 Å². The largest absolute Gasteiger partial charge is 0.451 e. The van der Waals surface area contributed by atoms with Gasteiger partial charge in [-0.15, -0.1) is 5.10 Å². The van der Waals surface area contributed by atoms with Gasteiger partial charge in [-0.05, 0) is 49.1 Å². The first-order valence-electron chi connectivity index (χ1n) is 11.0. The van der Waals surface area contributed by atoms with Gasteiger partial charge in [0.05, 0.1) is 23.1 Å². The summed E-state index contributed by atoms with van der Waals surface area (Å²) in [5, 5.41) is 8.78. The summed E-state index contributed by atoms with van der Waals surface area (Å²) >= 11 is 0. The smallest absolute Gasteiger partial charge is 0.298 e. The number of nitrogens with zero attached hydrogens (tertiary/aromatic N) is 4. The highest BCUT2D eigenvalue weighted by Crippen LogP contribution is 2.38. The molecule has 4 aromatic rings. The zero-order valence-electron chi connectivity index (χ0n) is 18.8. The Morgan fingerprint density at radius 1 is 1.17 bits per heavy atom. The third-order valence-electron chi connectivity index (χ3n) is 6.05. The van der Waals surface area contributed by atoms with Crippen LogP contribution in [-0.4, -0.2) is 38.7 Å².